The van der Waals surface area contributed by atoms with Gasteiger partial charge in [0.1, 0.15) is 0 Å². The third-order valence-electron chi connectivity index (χ3n) is 5.11. The van der Waals surface area contributed by atoms with Crippen molar-refractivity contribution in [2.45, 2.75) is 64.0 Å². The van der Waals surface area contributed by atoms with Crippen LogP contribution < -0.4 is 5.32 Å². The van der Waals surface area contributed by atoms with Crippen molar-refractivity contribution in [2.75, 3.05) is 20.1 Å². The molecular formula is C14H28N2. The van der Waals surface area contributed by atoms with Gasteiger partial charge in [-0.2, -0.15) is 0 Å². The van der Waals surface area contributed by atoms with Crippen molar-refractivity contribution in [3.63, 3.8) is 0 Å². The van der Waals surface area contributed by atoms with Gasteiger partial charge in [0.2, 0.25) is 0 Å². The van der Waals surface area contributed by atoms with Crippen molar-refractivity contribution in [1.29, 1.82) is 0 Å². The summed E-state index contributed by atoms with van der Waals surface area (Å²) in [6.45, 7) is 7.33. The van der Waals surface area contributed by atoms with Gasteiger partial charge in [0.25, 0.3) is 0 Å². The zero-order valence-electron chi connectivity index (χ0n) is 11.3. The molecule has 16 heavy (non-hydrogen) atoms. The Balaban J connectivity index is 1.81. The lowest BCUT2D eigenvalue weighted by Crippen LogP contribution is -2.52. The maximum Gasteiger partial charge on any atom is 0.0174 e. The molecule has 1 N–H and O–H groups in total. The van der Waals surface area contributed by atoms with Crippen LogP contribution in [0.2, 0.25) is 0 Å². The standard InChI is InChI=1S/C14H28N2/c1-4-12-5-6-13(11-12)16-9-7-14(2,15-3)8-10-16/h12-13,15H,4-11H2,1-3H3. The molecular weight excluding hydrogens is 196 g/mol. The summed E-state index contributed by atoms with van der Waals surface area (Å²) in [5.74, 6) is 1.02. The number of piperidine rings is 1. The van der Waals surface area contributed by atoms with Crippen LogP contribution in [0, 0.1) is 5.92 Å². The van der Waals surface area contributed by atoms with Crippen LogP contribution in [0.4, 0.5) is 0 Å². The molecule has 0 aromatic heterocycles. The van der Waals surface area contributed by atoms with Crippen molar-refractivity contribution in [3.8, 4) is 0 Å². The Hall–Kier alpha value is -0.0800. The van der Waals surface area contributed by atoms with E-state index in [-0.39, 0.29) is 0 Å². The summed E-state index contributed by atoms with van der Waals surface area (Å²) in [5, 5.41) is 3.48. The van der Waals surface area contributed by atoms with Gasteiger partial charge in [-0.25, -0.2) is 0 Å². The first-order chi connectivity index (χ1) is 7.67. The molecule has 0 spiro atoms. The average Bonchev–Trinajstić information content (AvgIpc) is 2.79. The van der Waals surface area contributed by atoms with Crippen LogP contribution in [0.25, 0.3) is 0 Å². The Labute approximate surface area is 101 Å². The van der Waals surface area contributed by atoms with Gasteiger partial charge < -0.3 is 10.2 Å². The van der Waals surface area contributed by atoms with Crippen LogP contribution in [0.15, 0.2) is 0 Å². The van der Waals surface area contributed by atoms with E-state index in [2.05, 4.69) is 31.1 Å². The predicted octanol–water partition coefficient (Wildman–Crippen LogP) is 2.64. The molecule has 2 aliphatic rings. The second kappa shape index (κ2) is 5.05. The molecule has 0 radical (unpaired) electrons. The van der Waals surface area contributed by atoms with Crippen LogP contribution in [-0.2, 0) is 0 Å². The minimum absolute atomic E-state index is 0.402. The van der Waals surface area contributed by atoms with E-state index in [0.29, 0.717) is 5.54 Å². The van der Waals surface area contributed by atoms with Crippen molar-refractivity contribution < 1.29 is 0 Å². The molecule has 2 rings (SSSR count). The molecule has 1 aliphatic heterocycles. The highest BCUT2D eigenvalue weighted by molar-refractivity contribution is 4.92. The van der Waals surface area contributed by atoms with Gasteiger partial charge in [-0.15, -0.1) is 0 Å². The predicted molar refractivity (Wildman–Crippen MR) is 69.7 cm³/mol. The van der Waals surface area contributed by atoms with Crippen LogP contribution in [0.1, 0.15) is 52.4 Å². The fraction of sp³-hybridized carbons (Fsp3) is 1.00. The highest BCUT2D eigenvalue weighted by Gasteiger charge is 2.34. The zero-order chi connectivity index (χ0) is 11.6. The third-order valence-corrected chi connectivity index (χ3v) is 5.11. The molecule has 0 amide bonds. The topological polar surface area (TPSA) is 15.3 Å². The second-order valence-corrected chi connectivity index (χ2v) is 6.09. The van der Waals surface area contributed by atoms with E-state index in [4.69, 9.17) is 0 Å². The molecule has 1 heterocycles. The molecule has 2 fully saturated rings. The Morgan fingerprint density at radius 1 is 1.25 bits per heavy atom. The van der Waals surface area contributed by atoms with E-state index in [9.17, 15) is 0 Å². The van der Waals surface area contributed by atoms with Gasteiger partial charge in [-0.3, -0.25) is 0 Å². The average molecular weight is 224 g/mol. The van der Waals surface area contributed by atoms with Crippen molar-refractivity contribution >= 4 is 0 Å². The fourth-order valence-corrected chi connectivity index (χ4v) is 3.38. The van der Waals surface area contributed by atoms with Crippen LogP contribution in [-0.4, -0.2) is 36.6 Å². The molecule has 1 saturated heterocycles. The molecule has 2 nitrogen and oxygen atoms in total. The molecule has 0 bridgehead atoms. The number of nitrogens with one attached hydrogen (secondary N) is 1. The monoisotopic (exact) mass is 224 g/mol. The van der Waals surface area contributed by atoms with Crippen LogP contribution in [0.3, 0.4) is 0 Å². The highest BCUT2D eigenvalue weighted by Crippen LogP contribution is 2.34. The maximum atomic E-state index is 3.48. The number of hydrogen-bond acceptors (Lipinski definition) is 2. The summed E-state index contributed by atoms with van der Waals surface area (Å²) in [5.41, 5.74) is 0.402. The summed E-state index contributed by atoms with van der Waals surface area (Å²) < 4.78 is 0. The molecule has 2 atom stereocenters. The van der Waals surface area contributed by atoms with E-state index < -0.39 is 0 Å². The van der Waals surface area contributed by atoms with E-state index in [1.54, 1.807) is 0 Å². The molecule has 2 heteroatoms. The van der Waals surface area contributed by atoms with Crippen molar-refractivity contribution in [3.05, 3.63) is 0 Å². The minimum Gasteiger partial charge on any atom is -0.314 e. The van der Waals surface area contributed by atoms with Gasteiger partial charge in [-0.05, 0) is 52.0 Å². The number of hydrogen-bond donors (Lipinski definition) is 1. The fourth-order valence-electron chi connectivity index (χ4n) is 3.38. The van der Waals surface area contributed by atoms with E-state index >= 15 is 0 Å². The second-order valence-electron chi connectivity index (χ2n) is 6.09. The highest BCUT2D eigenvalue weighted by atomic mass is 15.2. The lowest BCUT2D eigenvalue weighted by molar-refractivity contribution is 0.110. The summed E-state index contributed by atoms with van der Waals surface area (Å²) >= 11 is 0. The Morgan fingerprint density at radius 3 is 2.44 bits per heavy atom. The van der Waals surface area contributed by atoms with Crippen molar-refractivity contribution in [1.82, 2.24) is 10.2 Å². The summed E-state index contributed by atoms with van der Waals surface area (Å²) in [4.78, 5) is 2.76. The van der Waals surface area contributed by atoms with E-state index in [0.717, 1.165) is 12.0 Å². The summed E-state index contributed by atoms with van der Waals surface area (Å²) in [6, 6.07) is 0.909. The smallest absolute Gasteiger partial charge is 0.0174 e. The number of likely N-dealkylation sites (tertiary alicyclic amines) is 1. The van der Waals surface area contributed by atoms with Crippen LogP contribution >= 0.6 is 0 Å². The van der Waals surface area contributed by atoms with Crippen LogP contribution in [0.5, 0.6) is 0 Å². The number of nitrogens with zero attached hydrogens (tertiary/aromatic N) is 1. The first-order valence-corrected chi connectivity index (χ1v) is 7.10. The lowest BCUT2D eigenvalue weighted by Gasteiger charge is -2.42. The Morgan fingerprint density at radius 2 is 1.94 bits per heavy atom. The Kier molecular flexibility index (Phi) is 3.91. The Bertz CT molecular complexity index is 219. The molecule has 1 saturated carbocycles. The number of rotatable bonds is 3. The molecule has 0 aromatic rings. The maximum absolute atomic E-state index is 3.48. The molecule has 0 aromatic carbocycles. The quantitative estimate of drug-likeness (QED) is 0.793. The molecule has 94 valence electrons. The van der Waals surface area contributed by atoms with E-state index in [1.165, 1.54) is 51.6 Å². The van der Waals surface area contributed by atoms with Crippen molar-refractivity contribution in [2.24, 2.45) is 5.92 Å². The first-order valence-electron chi connectivity index (χ1n) is 7.10. The minimum atomic E-state index is 0.402. The van der Waals surface area contributed by atoms with Gasteiger partial charge in [0.15, 0.2) is 0 Å². The molecule has 1 aliphatic carbocycles. The van der Waals surface area contributed by atoms with Gasteiger partial charge in [-0.1, -0.05) is 13.3 Å². The third kappa shape index (κ3) is 2.60. The van der Waals surface area contributed by atoms with Gasteiger partial charge in [0, 0.05) is 24.7 Å². The summed E-state index contributed by atoms with van der Waals surface area (Å²) in [7, 11) is 2.11. The SMILES string of the molecule is CCC1CCC(N2CCC(C)(NC)CC2)C1. The normalized spacial score (nSPS) is 35.4. The lowest BCUT2D eigenvalue weighted by atomic mass is 9.89. The first kappa shape index (κ1) is 12.4. The van der Waals surface area contributed by atoms with Gasteiger partial charge >= 0.3 is 0 Å². The largest absolute Gasteiger partial charge is 0.314 e. The molecule has 2 unspecified atom stereocenters. The summed E-state index contributed by atoms with van der Waals surface area (Å²) in [6.07, 6.45) is 8.41. The van der Waals surface area contributed by atoms with E-state index in [1.807, 2.05) is 0 Å². The zero-order valence-corrected chi connectivity index (χ0v) is 11.3. The van der Waals surface area contributed by atoms with Gasteiger partial charge in [0.05, 0.1) is 0 Å².